The number of aromatic nitrogens is 4. The number of hydrogen-bond acceptors (Lipinski definition) is 2. The van der Waals surface area contributed by atoms with Crippen molar-refractivity contribution >= 4 is 43.9 Å². The third-order valence-electron chi connectivity index (χ3n) is 8.81. The highest BCUT2D eigenvalue weighted by Crippen LogP contribution is 2.39. The quantitative estimate of drug-likeness (QED) is 0.212. The SMILES string of the molecule is Cc1ccc2c(c1)c1cc3c4cc(C)ccc4n(-c4cccc(-c5cc(C(C)(C)C)ccn5)c4)c3nc1n2-c1ccccc1. The predicted octanol–water partition coefficient (Wildman–Crippen LogP) is 10.3. The van der Waals surface area contributed by atoms with Gasteiger partial charge in [0.2, 0.25) is 0 Å². The number of fused-ring (bicyclic) bond motifs is 6. The monoisotopic (exact) mass is 570 g/mol. The van der Waals surface area contributed by atoms with Crippen LogP contribution in [0.1, 0.15) is 37.5 Å². The van der Waals surface area contributed by atoms with Crippen molar-refractivity contribution in [3.63, 3.8) is 0 Å². The molecule has 0 N–H and O–H groups in total. The van der Waals surface area contributed by atoms with Crippen molar-refractivity contribution < 1.29 is 0 Å². The Balaban J connectivity index is 1.45. The maximum absolute atomic E-state index is 5.52. The summed E-state index contributed by atoms with van der Waals surface area (Å²) in [6.07, 6.45) is 1.92. The smallest absolute Gasteiger partial charge is 0.148 e. The highest BCUT2D eigenvalue weighted by atomic mass is 15.1. The number of nitrogens with zero attached hydrogens (tertiary/aromatic N) is 4. The van der Waals surface area contributed by atoms with Crippen LogP contribution in [0.2, 0.25) is 0 Å². The Kier molecular flexibility index (Phi) is 5.79. The molecule has 0 aliphatic rings. The van der Waals surface area contributed by atoms with Gasteiger partial charge in [-0.3, -0.25) is 14.1 Å². The molecule has 0 radical (unpaired) electrons. The molecule has 0 fully saturated rings. The first-order valence-corrected chi connectivity index (χ1v) is 15.3. The van der Waals surface area contributed by atoms with Crippen LogP contribution in [0.3, 0.4) is 0 Å². The molecule has 0 bridgehead atoms. The van der Waals surface area contributed by atoms with Crippen LogP contribution in [-0.4, -0.2) is 19.1 Å². The molecule has 4 aromatic heterocycles. The van der Waals surface area contributed by atoms with Crippen LogP contribution < -0.4 is 0 Å². The van der Waals surface area contributed by atoms with Crippen LogP contribution in [-0.2, 0) is 5.41 Å². The maximum atomic E-state index is 5.52. The van der Waals surface area contributed by atoms with Gasteiger partial charge < -0.3 is 0 Å². The lowest BCUT2D eigenvalue weighted by Crippen LogP contribution is -2.11. The lowest BCUT2D eigenvalue weighted by molar-refractivity contribution is 0.589. The number of hydrogen-bond donors (Lipinski definition) is 0. The summed E-state index contributed by atoms with van der Waals surface area (Å²) in [5.41, 5.74) is 12.2. The van der Waals surface area contributed by atoms with Crippen LogP contribution in [0, 0.1) is 13.8 Å². The molecule has 4 heteroatoms. The molecule has 8 rings (SSSR count). The van der Waals surface area contributed by atoms with Crippen molar-refractivity contribution in [1.29, 1.82) is 0 Å². The molecule has 0 atom stereocenters. The summed E-state index contributed by atoms with van der Waals surface area (Å²) in [6.45, 7) is 11.0. The molecule has 8 aromatic rings. The van der Waals surface area contributed by atoms with E-state index in [4.69, 9.17) is 9.97 Å². The van der Waals surface area contributed by atoms with Crippen molar-refractivity contribution in [3.05, 3.63) is 132 Å². The minimum atomic E-state index is 0.0467. The van der Waals surface area contributed by atoms with Crippen LogP contribution in [0.15, 0.2) is 115 Å². The summed E-state index contributed by atoms with van der Waals surface area (Å²) in [6, 6.07) is 39.4. The topological polar surface area (TPSA) is 35.6 Å². The zero-order valence-electron chi connectivity index (χ0n) is 25.8. The Morgan fingerprint density at radius 3 is 1.80 bits per heavy atom. The van der Waals surface area contributed by atoms with E-state index in [-0.39, 0.29) is 5.41 Å². The van der Waals surface area contributed by atoms with Gasteiger partial charge in [-0.25, -0.2) is 4.98 Å². The summed E-state index contributed by atoms with van der Waals surface area (Å²) in [7, 11) is 0. The van der Waals surface area contributed by atoms with E-state index < -0.39 is 0 Å². The van der Waals surface area contributed by atoms with Gasteiger partial charge >= 0.3 is 0 Å². The van der Waals surface area contributed by atoms with Crippen molar-refractivity contribution in [3.8, 4) is 22.6 Å². The van der Waals surface area contributed by atoms with Gasteiger partial charge in [-0.2, -0.15) is 0 Å². The van der Waals surface area contributed by atoms with Gasteiger partial charge in [-0.05, 0) is 91.6 Å². The standard InChI is InChI=1S/C40H34N4/c1-25-14-16-36-31(20-25)33-24-34-32-21-26(2)15-17-37(32)44(39(34)42-38(33)43(36)29-11-7-6-8-12-29)30-13-9-10-27(22-30)35-23-28(18-19-41-35)40(3,4)5/h6-24H,1-5H3. The summed E-state index contributed by atoms with van der Waals surface area (Å²) in [4.78, 5) is 10.3. The van der Waals surface area contributed by atoms with Gasteiger partial charge in [0.05, 0.1) is 16.7 Å². The van der Waals surface area contributed by atoms with Crippen molar-refractivity contribution in [1.82, 2.24) is 19.1 Å². The lowest BCUT2D eigenvalue weighted by atomic mass is 9.87. The fourth-order valence-corrected chi connectivity index (χ4v) is 6.54. The average molecular weight is 571 g/mol. The first kappa shape index (κ1) is 26.4. The molecular formula is C40H34N4. The van der Waals surface area contributed by atoms with E-state index in [9.17, 15) is 0 Å². The predicted molar refractivity (Wildman–Crippen MR) is 184 cm³/mol. The number of aryl methyl sites for hydroxylation is 2. The molecule has 0 saturated carbocycles. The largest absolute Gasteiger partial charge is 0.294 e. The number of rotatable bonds is 3. The van der Waals surface area contributed by atoms with Gasteiger partial charge in [-0.15, -0.1) is 0 Å². The molecule has 0 aliphatic carbocycles. The van der Waals surface area contributed by atoms with E-state index in [0.29, 0.717) is 0 Å². The Bertz CT molecular complexity index is 2380. The van der Waals surface area contributed by atoms with E-state index in [1.807, 2.05) is 6.20 Å². The highest BCUT2D eigenvalue weighted by molar-refractivity contribution is 6.16. The van der Waals surface area contributed by atoms with Gasteiger partial charge in [-0.1, -0.05) is 74.4 Å². The molecule has 4 aromatic carbocycles. The van der Waals surface area contributed by atoms with Gasteiger partial charge in [0, 0.05) is 44.7 Å². The first-order chi connectivity index (χ1) is 21.3. The first-order valence-electron chi connectivity index (χ1n) is 15.3. The fourth-order valence-electron chi connectivity index (χ4n) is 6.54. The van der Waals surface area contributed by atoms with E-state index in [2.05, 4.69) is 153 Å². The van der Waals surface area contributed by atoms with Crippen molar-refractivity contribution in [2.75, 3.05) is 0 Å². The summed E-state index contributed by atoms with van der Waals surface area (Å²) < 4.78 is 4.62. The minimum absolute atomic E-state index is 0.0467. The normalized spacial score (nSPS) is 12.2. The van der Waals surface area contributed by atoms with Crippen LogP contribution in [0.5, 0.6) is 0 Å². The second kappa shape index (κ2) is 9.65. The molecule has 44 heavy (non-hydrogen) atoms. The van der Waals surface area contributed by atoms with Crippen LogP contribution in [0.4, 0.5) is 0 Å². The molecule has 0 spiro atoms. The molecule has 0 aliphatic heterocycles. The Morgan fingerprint density at radius 2 is 1.16 bits per heavy atom. The summed E-state index contributed by atoms with van der Waals surface area (Å²) in [5, 5.41) is 4.75. The van der Waals surface area contributed by atoms with Gasteiger partial charge in [0.1, 0.15) is 11.3 Å². The van der Waals surface area contributed by atoms with E-state index in [1.54, 1.807) is 0 Å². The Morgan fingerprint density at radius 1 is 0.545 bits per heavy atom. The van der Waals surface area contributed by atoms with Crippen LogP contribution in [0.25, 0.3) is 66.5 Å². The Labute approximate surface area is 257 Å². The minimum Gasteiger partial charge on any atom is -0.294 e. The number of pyridine rings is 2. The molecular weight excluding hydrogens is 536 g/mol. The summed E-state index contributed by atoms with van der Waals surface area (Å²) >= 11 is 0. The third-order valence-corrected chi connectivity index (χ3v) is 8.81. The van der Waals surface area contributed by atoms with Crippen molar-refractivity contribution in [2.45, 2.75) is 40.0 Å². The van der Waals surface area contributed by atoms with E-state index in [1.165, 1.54) is 27.5 Å². The zero-order chi connectivity index (χ0) is 30.2. The van der Waals surface area contributed by atoms with Gasteiger partial charge in [0.25, 0.3) is 0 Å². The fraction of sp³-hybridized carbons (Fsp3) is 0.150. The molecule has 4 nitrogen and oxygen atoms in total. The second-order valence-electron chi connectivity index (χ2n) is 13.0. The molecule has 0 saturated heterocycles. The average Bonchev–Trinajstić information content (AvgIpc) is 3.51. The van der Waals surface area contributed by atoms with Crippen LogP contribution >= 0.6 is 0 Å². The zero-order valence-corrected chi connectivity index (χ0v) is 25.8. The molecule has 0 amide bonds. The highest BCUT2D eigenvalue weighted by Gasteiger charge is 2.21. The van der Waals surface area contributed by atoms with Gasteiger partial charge in [0.15, 0.2) is 0 Å². The lowest BCUT2D eigenvalue weighted by Gasteiger charge is -2.19. The number of para-hydroxylation sites is 1. The molecule has 0 unspecified atom stereocenters. The summed E-state index contributed by atoms with van der Waals surface area (Å²) in [5.74, 6) is 0. The molecule has 4 heterocycles. The van der Waals surface area contributed by atoms with Crippen molar-refractivity contribution in [2.24, 2.45) is 0 Å². The second-order valence-corrected chi connectivity index (χ2v) is 13.0. The third kappa shape index (κ3) is 4.13. The van der Waals surface area contributed by atoms with E-state index >= 15 is 0 Å². The molecule has 214 valence electrons. The number of benzene rings is 4. The van der Waals surface area contributed by atoms with E-state index in [0.717, 1.165) is 55.7 Å². The maximum Gasteiger partial charge on any atom is 0.148 e. The Hall–Kier alpha value is -5.22.